The van der Waals surface area contributed by atoms with Gasteiger partial charge in [-0.3, -0.25) is 4.79 Å². The Morgan fingerprint density at radius 1 is 1.38 bits per heavy atom. The van der Waals surface area contributed by atoms with Gasteiger partial charge in [-0.05, 0) is 32.8 Å². The number of ether oxygens (including phenoxy) is 1. The minimum absolute atomic E-state index is 0.0844. The van der Waals surface area contributed by atoms with E-state index in [0.717, 1.165) is 24.1 Å². The van der Waals surface area contributed by atoms with Crippen LogP contribution in [0.2, 0.25) is 0 Å². The van der Waals surface area contributed by atoms with Gasteiger partial charge in [0.25, 0.3) is 5.91 Å². The summed E-state index contributed by atoms with van der Waals surface area (Å²) in [6, 6.07) is 1.79. The minimum Gasteiger partial charge on any atom is -0.479 e. The molecule has 0 spiro atoms. The summed E-state index contributed by atoms with van der Waals surface area (Å²) in [6.45, 7) is 7.57. The van der Waals surface area contributed by atoms with Gasteiger partial charge in [0.05, 0.1) is 0 Å². The van der Waals surface area contributed by atoms with E-state index in [0.29, 0.717) is 0 Å². The van der Waals surface area contributed by atoms with Gasteiger partial charge < -0.3 is 15.2 Å². The molecule has 1 aromatic rings. The van der Waals surface area contributed by atoms with Crippen LogP contribution >= 0.6 is 11.3 Å². The number of rotatable bonds is 8. The van der Waals surface area contributed by atoms with Crippen molar-refractivity contribution in [3.8, 4) is 5.75 Å². The highest BCUT2D eigenvalue weighted by Gasteiger charge is 2.22. The predicted octanol–water partition coefficient (Wildman–Crippen LogP) is 3.08. The van der Waals surface area contributed by atoms with Crippen LogP contribution in [-0.4, -0.2) is 29.1 Å². The summed E-state index contributed by atoms with van der Waals surface area (Å²) in [7, 11) is 0. The van der Waals surface area contributed by atoms with Crippen LogP contribution in [0.4, 0.5) is 0 Å². The van der Waals surface area contributed by atoms with E-state index in [1.165, 1.54) is 11.3 Å². The second-order valence-corrected chi connectivity index (χ2v) is 6.16. The van der Waals surface area contributed by atoms with Crippen molar-refractivity contribution in [1.29, 1.82) is 0 Å². The van der Waals surface area contributed by atoms with E-state index >= 15 is 0 Å². The molecule has 2 atom stereocenters. The van der Waals surface area contributed by atoms with Crippen LogP contribution in [0, 0.1) is 0 Å². The molecule has 0 aliphatic carbocycles. The summed E-state index contributed by atoms with van der Waals surface area (Å²) in [5.74, 6) is -0.978. The van der Waals surface area contributed by atoms with E-state index < -0.39 is 12.1 Å². The zero-order chi connectivity index (χ0) is 16.0. The molecule has 0 fully saturated rings. The lowest BCUT2D eigenvalue weighted by Gasteiger charge is -2.18. The van der Waals surface area contributed by atoms with Crippen LogP contribution in [0.25, 0.3) is 0 Å². The van der Waals surface area contributed by atoms with Crippen molar-refractivity contribution in [2.75, 3.05) is 0 Å². The van der Waals surface area contributed by atoms with Gasteiger partial charge in [0.2, 0.25) is 0 Å². The zero-order valence-electron chi connectivity index (χ0n) is 12.9. The van der Waals surface area contributed by atoms with Crippen molar-refractivity contribution in [2.24, 2.45) is 0 Å². The maximum atomic E-state index is 12.0. The van der Waals surface area contributed by atoms with Crippen LogP contribution in [0.15, 0.2) is 6.07 Å². The summed E-state index contributed by atoms with van der Waals surface area (Å²) in [5, 5.41) is 12.0. The van der Waals surface area contributed by atoms with Crippen molar-refractivity contribution in [1.82, 2.24) is 5.32 Å². The van der Waals surface area contributed by atoms with Gasteiger partial charge in [-0.2, -0.15) is 0 Å². The standard InChI is InChI=1S/C15H23NO4S/c1-5-7-9(3)16-14(17)10(4)20-12-8-11(6-2)21-13(12)15(18)19/h8-10H,5-7H2,1-4H3,(H,16,17)(H,18,19). The van der Waals surface area contributed by atoms with Gasteiger partial charge in [-0.25, -0.2) is 4.79 Å². The van der Waals surface area contributed by atoms with E-state index in [2.05, 4.69) is 12.2 Å². The molecule has 2 N–H and O–H groups in total. The first-order valence-corrected chi connectivity index (χ1v) is 8.03. The summed E-state index contributed by atoms with van der Waals surface area (Å²) in [6.07, 6.45) is 1.91. The first-order chi connectivity index (χ1) is 9.88. The van der Waals surface area contributed by atoms with Crippen molar-refractivity contribution in [2.45, 2.75) is 59.1 Å². The van der Waals surface area contributed by atoms with Crippen LogP contribution in [0.5, 0.6) is 5.75 Å². The number of carboxylic acid groups (broad SMARTS) is 1. The SMILES string of the molecule is CCCC(C)NC(=O)C(C)Oc1cc(CC)sc1C(=O)O. The second-order valence-electron chi connectivity index (χ2n) is 5.02. The van der Waals surface area contributed by atoms with Crippen molar-refractivity contribution < 1.29 is 19.4 Å². The maximum Gasteiger partial charge on any atom is 0.349 e. The lowest BCUT2D eigenvalue weighted by atomic mass is 10.2. The summed E-state index contributed by atoms with van der Waals surface area (Å²) < 4.78 is 5.55. The quantitative estimate of drug-likeness (QED) is 0.773. The molecule has 1 amide bonds. The Morgan fingerprint density at radius 2 is 2.05 bits per heavy atom. The predicted molar refractivity (Wildman–Crippen MR) is 83.3 cm³/mol. The van der Waals surface area contributed by atoms with E-state index in [1.54, 1.807) is 13.0 Å². The van der Waals surface area contributed by atoms with Gasteiger partial charge in [-0.1, -0.05) is 20.3 Å². The molecule has 0 aromatic carbocycles. The Balaban J connectivity index is 2.73. The number of thiophene rings is 1. The molecular formula is C15H23NO4S. The summed E-state index contributed by atoms with van der Waals surface area (Å²) in [5.41, 5.74) is 0. The van der Waals surface area contributed by atoms with E-state index in [-0.39, 0.29) is 22.6 Å². The highest BCUT2D eigenvalue weighted by molar-refractivity contribution is 7.14. The van der Waals surface area contributed by atoms with Crippen LogP contribution in [0.1, 0.15) is 55.1 Å². The van der Waals surface area contributed by atoms with E-state index in [4.69, 9.17) is 4.74 Å². The summed E-state index contributed by atoms with van der Waals surface area (Å²) >= 11 is 1.19. The van der Waals surface area contributed by atoms with Crippen LogP contribution in [-0.2, 0) is 11.2 Å². The molecule has 1 rings (SSSR count). The monoisotopic (exact) mass is 313 g/mol. The van der Waals surface area contributed by atoms with Gasteiger partial charge >= 0.3 is 5.97 Å². The molecule has 5 nitrogen and oxygen atoms in total. The molecule has 0 saturated carbocycles. The fraction of sp³-hybridized carbons (Fsp3) is 0.600. The number of aromatic carboxylic acids is 1. The zero-order valence-corrected chi connectivity index (χ0v) is 13.8. The molecule has 6 heteroatoms. The third kappa shape index (κ3) is 5.04. The van der Waals surface area contributed by atoms with Gasteiger partial charge in [0.1, 0.15) is 5.75 Å². The highest BCUT2D eigenvalue weighted by atomic mass is 32.1. The number of carboxylic acids is 1. The van der Waals surface area contributed by atoms with E-state index in [9.17, 15) is 14.7 Å². The molecule has 0 bridgehead atoms. The number of nitrogens with one attached hydrogen (secondary N) is 1. The number of hydrogen-bond acceptors (Lipinski definition) is 4. The molecular weight excluding hydrogens is 290 g/mol. The molecule has 118 valence electrons. The molecule has 1 heterocycles. The Hall–Kier alpha value is -1.56. The Morgan fingerprint density at radius 3 is 2.57 bits per heavy atom. The molecule has 0 saturated heterocycles. The summed E-state index contributed by atoms with van der Waals surface area (Å²) in [4.78, 5) is 24.3. The van der Waals surface area contributed by atoms with Crippen molar-refractivity contribution in [3.05, 3.63) is 15.8 Å². The lowest BCUT2D eigenvalue weighted by molar-refractivity contribution is -0.127. The smallest absolute Gasteiger partial charge is 0.349 e. The van der Waals surface area contributed by atoms with Crippen molar-refractivity contribution >= 4 is 23.2 Å². The topological polar surface area (TPSA) is 75.6 Å². The number of carbonyl (C=O) groups is 2. The number of amides is 1. The average molecular weight is 313 g/mol. The largest absolute Gasteiger partial charge is 0.479 e. The number of hydrogen-bond donors (Lipinski definition) is 2. The fourth-order valence-electron chi connectivity index (χ4n) is 1.94. The highest BCUT2D eigenvalue weighted by Crippen LogP contribution is 2.30. The van der Waals surface area contributed by atoms with Gasteiger partial charge in [0, 0.05) is 10.9 Å². The third-order valence-corrected chi connectivity index (χ3v) is 4.32. The number of aryl methyl sites for hydroxylation is 1. The first-order valence-electron chi connectivity index (χ1n) is 7.22. The number of carbonyl (C=O) groups excluding carboxylic acids is 1. The fourth-order valence-corrected chi connectivity index (χ4v) is 2.81. The second kappa shape index (κ2) is 8.02. The lowest BCUT2D eigenvalue weighted by Crippen LogP contribution is -2.41. The minimum atomic E-state index is -1.03. The average Bonchev–Trinajstić information content (AvgIpc) is 2.82. The molecule has 0 radical (unpaired) electrons. The van der Waals surface area contributed by atoms with Crippen LogP contribution in [0.3, 0.4) is 0 Å². The molecule has 2 unspecified atom stereocenters. The molecule has 1 aromatic heterocycles. The van der Waals surface area contributed by atoms with Gasteiger partial charge in [0.15, 0.2) is 11.0 Å². The van der Waals surface area contributed by atoms with Crippen LogP contribution < -0.4 is 10.1 Å². The third-order valence-electron chi connectivity index (χ3n) is 3.08. The Kier molecular flexibility index (Phi) is 6.68. The van der Waals surface area contributed by atoms with E-state index in [1.807, 2.05) is 13.8 Å². The Labute approximate surface area is 129 Å². The first kappa shape index (κ1) is 17.5. The molecule has 0 aliphatic heterocycles. The molecule has 21 heavy (non-hydrogen) atoms. The van der Waals surface area contributed by atoms with Crippen molar-refractivity contribution in [3.63, 3.8) is 0 Å². The Bertz CT molecular complexity index is 498. The maximum absolute atomic E-state index is 12.0. The van der Waals surface area contributed by atoms with Gasteiger partial charge in [-0.15, -0.1) is 11.3 Å². The molecule has 0 aliphatic rings. The normalized spacial score (nSPS) is 13.5.